The van der Waals surface area contributed by atoms with Crippen molar-refractivity contribution in [2.45, 2.75) is 32.7 Å². The first-order valence-corrected chi connectivity index (χ1v) is 11.2. The molecule has 0 amide bonds. The van der Waals surface area contributed by atoms with Crippen LogP contribution in [-0.4, -0.2) is 77.6 Å². The second kappa shape index (κ2) is 17.5. The van der Waals surface area contributed by atoms with Crippen LogP contribution in [0, 0.1) is 5.92 Å². The van der Waals surface area contributed by atoms with Gasteiger partial charge < -0.3 is 29.7 Å². The highest BCUT2D eigenvalue weighted by atomic mass is 127. The standard InChI is InChI=1S/C23H40N4O3.HI/c1-4-30-16-5-12-24-23(25-18-20-6-8-22(29-3)9-7-20)26-19-21-10-13-27(14-11-21)15-17-28-2;/h6-9,21H,4-5,10-19H2,1-3H3,(H2,24,25,26);1H. The van der Waals surface area contributed by atoms with Gasteiger partial charge in [0.15, 0.2) is 5.96 Å². The van der Waals surface area contributed by atoms with Gasteiger partial charge in [-0.15, -0.1) is 24.0 Å². The lowest BCUT2D eigenvalue weighted by molar-refractivity contribution is 0.121. The summed E-state index contributed by atoms with van der Waals surface area (Å²) in [5.74, 6) is 2.43. The SMILES string of the molecule is CCOCCCNC(=NCc1ccc(OC)cc1)NCC1CCN(CCOC)CC1.I. The summed E-state index contributed by atoms with van der Waals surface area (Å²) < 4.78 is 15.9. The molecule has 31 heavy (non-hydrogen) atoms. The quantitative estimate of drug-likeness (QED) is 0.171. The fourth-order valence-electron chi connectivity index (χ4n) is 3.48. The third-order valence-corrected chi connectivity index (χ3v) is 5.42. The third kappa shape index (κ3) is 11.9. The number of hydrogen-bond acceptors (Lipinski definition) is 5. The van der Waals surface area contributed by atoms with E-state index in [2.05, 4.69) is 27.7 Å². The van der Waals surface area contributed by atoms with Crippen LogP contribution in [0.3, 0.4) is 0 Å². The topological polar surface area (TPSA) is 67.3 Å². The van der Waals surface area contributed by atoms with Crippen molar-refractivity contribution in [2.24, 2.45) is 10.9 Å². The number of likely N-dealkylation sites (tertiary alicyclic amines) is 1. The molecule has 178 valence electrons. The zero-order chi connectivity index (χ0) is 21.4. The monoisotopic (exact) mass is 548 g/mol. The highest BCUT2D eigenvalue weighted by Crippen LogP contribution is 2.16. The summed E-state index contributed by atoms with van der Waals surface area (Å²) in [6, 6.07) is 8.07. The first-order valence-electron chi connectivity index (χ1n) is 11.2. The van der Waals surface area contributed by atoms with Crippen LogP contribution in [0.4, 0.5) is 0 Å². The second-order valence-corrected chi connectivity index (χ2v) is 7.65. The lowest BCUT2D eigenvalue weighted by Gasteiger charge is -2.32. The van der Waals surface area contributed by atoms with E-state index in [1.54, 1.807) is 14.2 Å². The lowest BCUT2D eigenvalue weighted by atomic mass is 9.97. The molecule has 1 heterocycles. The molecule has 0 radical (unpaired) electrons. The summed E-state index contributed by atoms with van der Waals surface area (Å²) in [4.78, 5) is 7.28. The average molecular weight is 549 g/mol. The van der Waals surface area contributed by atoms with E-state index in [-0.39, 0.29) is 24.0 Å². The number of halogens is 1. The maximum Gasteiger partial charge on any atom is 0.191 e. The van der Waals surface area contributed by atoms with Crippen LogP contribution in [0.1, 0.15) is 31.7 Å². The Balaban J connectivity index is 0.00000480. The minimum Gasteiger partial charge on any atom is -0.497 e. The van der Waals surface area contributed by atoms with Gasteiger partial charge >= 0.3 is 0 Å². The Hall–Kier alpha value is -1.10. The van der Waals surface area contributed by atoms with Gasteiger partial charge in [-0.1, -0.05) is 12.1 Å². The smallest absolute Gasteiger partial charge is 0.191 e. The van der Waals surface area contributed by atoms with Crippen molar-refractivity contribution in [3.05, 3.63) is 29.8 Å². The summed E-state index contributed by atoms with van der Waals surface area (Å²) in [5, 5.41) is 7.02. The van der Waals surface area contributed by atoms with E-state index in [1.165, 1.54) is 12.8 Å². The van der Waals surface area contributed by atoms with Crippen LogP contribution in [0.5, 0.6) is 5.75 Å². The van der Waals surface area contributed by atoms with Crippen molar-refractivity contribution in [1.82, 2.24) is 15.5 Å². The van der Waals surface area contributed by atoms with Crippen LogP contribution >= 0.6 is 24.0 Å². The molecule has 1 fully saturated rings. The Morgan fingerprint density at radius 2 is 1.84 bits per heavy atom. The number of hydrogen-bond donors (Lipinski definition) is 2. The number of methoxy groups -OCH3 is 2. The Morgan fingerprint density at radius 1 is 1.10 bits per heavy atom. The van der Waals surface area contributed by atoms with Crippen molar-refractivity contribution in [1.29, 1.82) is 0 Å². The van der Waals surface area contributed by atoms with E-state index >= 15 is 0 Å². The first kappa shape index (κ1) is 27.9. The van der Waals surface area contributed by atoms with Gasteiger partial charge in [-0.2, -0.15) is 0 Å². The van der Waals surface area contributed by atoms with E-state index in [1.807, 2.05) is 19.1 Å². The van der Waals surface area contributed by atoms with E-state index in [9.17, 15) is 0 Å². The maximum absolute atomic E-state index is 5.43. The van der Waals surface area contributed by atoms with E-state index in [0.29, 0.717) is 12.5 Å². The number of rotatable bonds is 13. The van der Waals surface area contributed by atoms with E-state index in [4.69, 9.17) is 19.2 Å². The normalized spacial score (nSPS) is 15.4. The predicted octanol–water partition coefficient (Wildman–Crippen LogP) is 3.13. The molecule has 1 saturated heterocycles. The minimum absolute atomic E-state index is 0. The van der Waals surface area contributed by atoms with Gasteiger partial charge in [0.25, 0.3) is 0 Å². The van der Waals surface area contributed by atoms with Crippen LogP contribution in [0.25, 0.3) is 0 Å². The highest BCUT2D eigenvalue weighted by Gasteiger charge is 2.19. The molecule has 8 heteroatoms. The number of benzene rings is 1. The van der Waals surface area contributed by atoms with E-state index in [0.717, 1.165) is 76.2 Å². The third-order valence-electron chi connectivity index (χ3n) is 5.42. The summed E-state index contributed by atoms with van der Waals surface area (Å²) in [7, 11) is 3.45. The molecular formula is C23H41IN4O3. The van der Waals surface area contributed by atoms with Crippen molar-refractivity contribution in [3.63, 3.8) is 0 Å². The Morgan fingerprint density at radius 3 is 2.48 bits per heavy atom. The van der Waals surface area contributed by atoms with Gasteiger partial charge in [-0.05, 0) is 62.9 Å². The molecule has 1 aliphatic rings. The number of guanidine groups is 1. The molecule has 0 spiro atoms. The van der Waals surface area contributed by atoms with Gasteiger partial charge in [0.05, 0.1) is 20.3 Å². The molecule has 1 aromatic rings. The number of nitrogens with one attached hydrogen (secondary N) is 2. The number of aliphatic imine (C=N–C) groups is 1. The van der Waals surface area contributed by atoms with Crippen molar-refractivity contribution in [3.8, 4) is 5.75 Å². The lowest BCUT2D eigenvalue weighted by Crippen LogP contribution is -2.43. The van der Waals surface area contributed by atoms with Crippen LogP contribution in [0.2, 0.25) is 0 Å². The van der Waals surface area contributed by atoms with Gasteiger partial charge in [-0.25, -0.2) is 4.99 Å². The molecule has 0 unspecified atom stereocenters. The molecule has 0 bridgehead atoms. The maximum atomic E-state index is 5.43. The van der Waals surface area contributed by atoms with Crippen molar-refractivity contribution >= 4 is 29.9 Å². The fraction of sp³-hybridized carbons (Fsp3) is 0.696. The summed E-state index contributed by atoms with van der Waals surface area (Å²) in [6.45, 7) is 10.2. The summed E-state index contributed by atoms with van der Waals surface area (Å²) in [6.07, 6.45) is 3.40. The Bertz CT molecular complexity index is 593. The number of piperidine rings is 1. The molecule has 0 atom stereocenters. The molecular weight excluding hydrogens is 507 g/mol. The van der Waals surface area contributed by atoms with Gasteiger partial charge in [0.2, 0.25) is 0 Å². The van der Waals surface area contributed by atoms with Crippen LogP contribution < -0.4 is 15.4 Å². The number of nitrogens with zero attached hydrogens (tertiary/aromatic N) is 2. The van der Waals surface area contributed by atoms with Crippen LogP contribution in [0.15, 0.2) is 29.3 Å². The molecule has 0 aliphatic carbocycles. The summed E-state index contributed by atoms with van der Waals surface area (Å²) in [5.41, 5.74) is 1.16. The molecule has 0 aromatic heterocycles. The molecule has 1 aromatic carbocycles. The van der Waals surface area contributed by atoms with Gasteiger partial charge in [0.1, 0.15) is 5.75 Å². The van der Waals surface area contributed by atoms with Crippen molar-refractivity contribution < 1.29 is 14.2 Å². The number of ether oxygens (including phenoxy) is 3. The zero-order valence-corrected chi connectivity index (χ0v) is 21.7. The zero-order valence-electron chi connectivity index (χ0n) is 19.4. The molecule has 7 nitrogen and oxygen atoms in total. The predicted molar refractivity (Wildman–Crippen MR) is 138 cm³/mol. The largest absolute Gasteiger partial charge is 0.497 e. The highest BCUT2D eigenvalue weighted by molar-refractivity contribution is 14.0. The second-order valence-electron chi connectivity index (χ2n) is 7.65. The molecule has 2 rings (SSSR count). The molecule has 1 aliphatic heterocycles. The first-order chi connectivity index (χ1) is 14.7. The molecule has 0 saturated carbocycles. The van der Waals surface area contributed by atoms with E-state index < -0.39 is 0 Å². The van der Waals surface area contributed by atoms with Gasteiger partial charge in [0, 0.05) is 40.0 Å². The average Bonchev–Trinajstić information content (AvgIpc) is 2.79. The Labute approximate surface area is 205 Å². The van der Waals surface area contributed by atoms with Crippen LogP contribution in [-0.2, 0) is 16.0 Å². The molecule has 2 N–H and O–H groups in total. The fourth-order valence-corrected chi connectivity index (χ4v) is 3.48. The summed E-state index contributed by atoms with van der Waals surface area (Å²) >= 11 is 0. The van der Waals surface area contributed by atoms with Crippen molar-refractivity contribution in [2.75, 3.05) is 66.8 Å². The Kier molecular flexibility index (Phi) is 15.7. The van der Waals surface area contributed by atoms with Gasteiger partial charge in [-0.3, -0.25) is 0 Å². The minimum atomic E-state index is 0.